The smallest absolute Gasteiger partial charge is 0.303 e. The summed E-state index contributed by atoms with van der Waals surface area (Å²) in [7, 11) is 0. The number of carbonyl (C=O) groups excluding carboxylic acids is 2. The summed E-state index contributed by atoms with van der Waals surface area (Å²) in [5.41, 5.74) is 5.75. The minimum absolute atomic E-state index is 0.00217. The summed E-state index contributed by atoms with van der Waals surface area (Å²) in [6.07, 6.45) is -0.225. The molecule has 33 heavy (non-hydrogen) atoms. The van der Waals surface area contributed by atoms with Gasteiger partial charge in [-0.15, -0.1) is 0 Å². The molecule has 0 aliphatic carbocycles. The molecule has 0 unspecified atom stereocenters. The Balaban J connectivity index is 1.70. The van der Waals surface area contributed by atoms with Gasteiger partial charge in [0.15, 0.2) is 0 Å². The number of carbonyl (C=O) groups is 3. The molecule has 0 spiro atoms. The molecule has 0 fully saturated rings. The first-order valence-corrected chi connectivity index (χ1v) is 10.9. The van der Waals surface area contributed by atoms with Crippen LogP contribution in [0.15, 0.2) is 72.8 Å². The maximum absolute atomic E-state index is 12.8. The molecule has 0 aliphatic heterocycles. The highest BCUT2D eigenvalue weighted by Gasteiger charge is 2.22. The van der Waals surface area contributed by atoms with Crippen molar-refractivity contribution in [3.05, 3.63) is 95.1 Å². The van der Waals surface area contributed by atoms with Crippen molar-refractivity contribution in [2.24, 2.45) is 0 Å². The Bertz CT molecular complexity index is 1100. The molecule has 0 bridgehead atoms. The largest absolute Gasteiger partial charge is 0.481 e. The molecule has 6 nitrogen and oxygen atoms in total. The van der Waals surface area contributed by atoms with Gasteiger partial charge in [-0.3, -0.25) is 14.4 Å². The van der Waals surface area contributed by atoms with Crippen LogP contribution in [-0.2, 0) is 16.1 Å². The number of amides is 2. The monoisotopic (exact) mass is 444 g/mol. The molecule has 170 valence electrons. The molecular weight excluding hydrogens is 416 g/mol. The van der Waals surface area contributed by atoms with Crippen LogP contribution in [-0.4, -0.2) is 28.9 Å². The van der Waals surface area contributed by atoms with E-state index in [2.05, 4.69) is 10.6 Å². The Morgan fingerprint density at radius 2 is 1.48 bits per heavy atom. The van der Waals surface area contributed by atoms with E-state index in [-0.39, 0.29) is 12.8 Å². The van der Waals surface area contributed by atoms with Crippen molar-refractivity contribution < 1.29 is 19.5 Å². The zero-order valence-electron chi connectivity index (χ0n) is 18.8. The second kappa shape index (κ2) is 11.1. The van der Waals surface area contributed by atoms with Crippen molar-refractivity contribution >= 4 is 17.8 Å². The van der Waals surface area contributed by atoms with Gasteiger partial charge in [0.1, 0.15) is 6.04 Å². The quantitative estimate of drug-likeness (QED) is 0.460. The normalized spacial score (nSPS) is 11.5. The summed E-state index contributed by atoms with van der Waals surface area (Å²) in [6, 6.07) is 21.7. The SMILES string of the molecule is Cc1cccc(C)c1-c1ccc(C(=O)N[C@@H](CCC(=O)O)C(=O)NCc2ccccc2)cc1. The van der Waals surface area contributed by atoms with Crippen LogP contribution < -0.4 is 10.6 Å². The van der Waals surface area contributed by atoms with E-state index in [9.17, 15) is 14.4 Å². The number of aryl methyl sites for hydroxylation is 2. The molecule has 0 aromatic heterocycles. The molecule has 3 aromatic carbocycles. The van der Waals surface area contributed by atoms with Crippen molar-refractivity contribution in [3.8, 4) is 11.1 Å². The summed E-state index contributed by atoms with van der Waals surface area (Å²) in [5, 5.41) is 14.5. The second-order valence-electron chi connectivity index (χ2n) is 8.01. The fourth-order valence-electron chi connectivity index (χ4n) is 3.74. The van der Waals surface area contributed by atoms with Crippen LogP contribution in [0.4, 0.5) is 0 Å². The number of benzene rings is 3. The van der Waals surface area contributed by atoms with Crippen LogP contribution in [0.25, 0.3) is 11.1 Å². The molecule has 0 saturated heterocycles. The van der Waals surface area contributed by atoms with E-state index in [1.165, 1.54) is 0 Å². The van der Waals surface area contributed by atoms with Crippen molar-refractivity contribution in [1.82, 2.24) is 10.6 Å². The van der Waals surface area contributed by atoms with Crippen LogP contribution in [0.2, 0.25) is 0 Å². The molecule has 1 atom stereocenters. The molecule has 0 saturated carbocycles. The zero-order chi connectivity index (χ0) is 23.8. The van der Waals surface area contributed by atoms with E-state index in [0.29, 0.717) is 12.1 Å². The third-order valence-corrected chi connectivity index (χ3v) is 5.50. The Morgan fingerprint density at radius 1 is 0.848 bits per heavy atom. The summed E-state index contributed by atoms with van der Waals surface area (Å²) in [5.74, 6) is -1.86. The standard InChI is InChI=1S/C27H28N2O4/c1-18-7-6-8-19(2)25(18)21-11-13-22(14-12-21)26(32)29-23(15-16-24(30)31)27(33)28-17-20-9-4-3-5-10-20/h3-14,23H,15-17H2,1-2H3,(H,28,33)(H,29,32)(H,30,31)/t23-/m0/s1. The van der Waals surface area contributed by atoms with Crippen LogP contribution in [0.3, 0.4) is 0 Å². The van der Waals surface area contributed by atoms with Gasteiger partial charge >= 0.3 is 5.97 Å². The molecule has 3 rings (SSSR count). The topological polar surface area (TPSA) is 95.5 Å². The van der Waals surface area contributed by atoms with Gasteiger partial charge in [-0.1, -0.05) is 60.7 Å². The maximum atomic E-state index is 12.8. The van der Waals surface area contributed by atoms with E-state index < -0.39 is 23.8 Å². The molecule has 0 radical (unpaired) electrons. The lowest BCUT2D eigenvalue weighted by Gasteiger charge is -2.18. The summed E-state index contributed by atoms with van der Waals surface area (Å²) >= 11 is 0. The average Bonchev–Trinajstić information content (AvgIpc) is 2.81. The summed E-state index contributed by atoms with van der Waals surface area (Å²) < 4.78 is 0. The van der Waals surface area contributed by atoms with Gasteiger partial charge in [-0.05, 0) is 60.2 Å². The van der Waals surface area contributed by atoms with E-state index in [0.717, 1.165) is 27.8 Å². The average molecular weight is 445 g/mol. The molecular formula is C27H28N2O4. The Labute approximate surface area is 193 Å². The van der Waals surface area contributed by atoms with Crippen LogP contribution in [0.5, 0.6) is 0 Å². The van der Waals surface area contributed by atoms with Gasteiger partial charge in [-0.2, -0.15) is 0 Å². The molecule has 3 N–H and O–H groups in total. The second-order valence-corrected chi connectivity index (χ2v) is 8.01. The number of rotatable bonds is 9. The lowest BCUT2D eigenvalue weighted by molar-refractivity contribution is -0.137. The number of hydrogen-bond acceptors (Lipinski definition) is 3. The summed E-state index contributed by atoms with van der Waals surface area (Å²) in [6.45, 7) is 4.39. The van der Waals surface area contributed by atoms with E-state index in [1.807, 2.05) is 74.5 Å². The highest BCUT2D eigenvalue weighted by Crippen LogP contribution is 2.27. The van der Waals surface area contributed by atoms with Crippen LogP contribution in [0.1, 0.15) is 39.9 Å². The van der Waals surface area contributed by atoms with Crippen LogP contribution in [0, 0.1) is 13.8 Å². The van der Waals surface area contributed by atoms with Gasteiger partial charge in [0, 0.05) is 18.5 Å². The fraction of sp³-hybridized carbons (Fsp3) is 0.222. The number of carboxylic acids is 1. The number of hydrogen-bond donors (Lipinski definition) is 3. The molecule has 2 amide bonds. The Morgan fingerprint density at radius 3 is 2.09 bits per heavy atom. The van der Waals surface area contributed by atoms with Crippen molar-refractivity contribution in [3.63, 3.8) is 0 Å². The third kappa shape index (κ3) is 6.53. The first kappa shape index (κ1) is 23.7. The van der Waals surface area contributed by atoms with Gasteiger partial charge in [0.2, 0.25) is 5.91 Å². The van der Waals surface area contributed by atoms with Crippen molar-refractivity contribution in [2.45, 2.75) is 39.3 Å². The molecule has 3 aromatic rings. The van der Waals surface area contributed by atoms with E-state index in [1.54, 1.807) is 12.1 Å². The van der Waals surface area contributed by atoms with E-state index >= 15 is 0 Å². The number of carboxylic acid groups (broad SMARTS) is 1. The lowest BCUT2D eigenvalue weighted by Crippen LogP contribution is -2.46. The van der Waals surface area contributed by atoms with Gasteiger partial charge < -0.3 is 15.7 Å². The lowest BCUT2D eigenvalue weighted by atomic mass is 9.95. The Hall–Kier alpha value is -3.93. The molecule has 0 heterocycles. The molecule has 0 aliphatic rings. The fourth-order valence-corrected chi connectivity index (χ4v) is 3.74. The van der Waals surface area contributed by atoms with Crippen molar-refractivity contribution in [1.29, 1.82) is 0 Å². The van der Waals surface area contributed by atoms with E-state index in [4.69, 9.17) is 5.11 Å². The molecule has 6 heteroatoms. The third-order valence-electron chi connectivity index (χ3n) is 5.50. The number of aliphatic carboxylic acids is 1. The first-order chi connectivity index (χ1) is 15.8. The highest BCUT2D eigenvalue weighted by molar-refractivity contribution is 5.98. The van der Waals surface area contributed by atoms with Crippen molar-refractivity contribution in [2.75, 3.05) is 0 Å². The highest BCUT2D eigenvalue weighted by atomic mass is 16.4. The number of nitrogens with one attached hydrogen (secondary N) is 2. The summed E-state index contributed by atoms with van der Waals surface area (Å²) in [4.78, 5) is 36.6. The minimum Gasteiger partial charge on any atom is -0.481 e. The zero-order valence-corrected chi connectivity index (χ0v) is 18.8. The predicted octanol–water partition coefficient (Wildman–Crippen LogP) is 4.25. The minimum atomic E-state index is -1.02. The van der Waals surface area contributed by atoms with Gasteiger partial charge in [-0.25, -0.2) is 0 Å². The Kier molecular flexibility index (Phi) is 7.97. The first-order valence-electron chi connectivity index (χ1n) is 10.9. The predicted molar refractivity (Wildman–Crippen MR) is 128 cm³/mol. The van der Waals surface area contributed by atoms with Gasteiger partial charge in [0.05, 0.1) is 0 Å². The van der Waals surface area contributed by atoms with Crippen LogP contribution >= 0.6 is 0 Å². The maximum Gasteiger partial charge on any atom is 0.303 e. The van der Waals surface area contributed by atoms with Gasteiger partial charge in [0.25, 0.3) is 5.91 Å².